The molecule has 0 aromatic carbocycles. The van der Waals surface area contributed by atoms with Gasteiger partial charge in [0.05, 0.1) is 12.5 Å². The Balaban J connectivity index is 2.42. The standard InChI is InChI=1S/C12H15N5O2/c1-3-9(7-11(18)19)17-12(14-15-16-17)10-5-4-6-13-8(10)2/h4-6,9H,3,7H2,1-2H3,(H,18,19). The van der Waals surface area contributed by atoms with E-state index in [1.807, 2.05) is 19.9 Å². The Morgan fingerprint density at radius 1 is 1.53 bits per heavy atom. The van der Waals surface area contributed by atoms with Crippen molar-refractivity contribution in [3.05, 3.63) is 24.0 Å². The number of carboxylic acid groups (broad SMARTS) is 1. The monoisotopic (exact) mass is 261 g/mol. The number of aliphatic carboxylic acids is 1. The van der Waals surface area contributed by atoms with E-state index in [9.17, 15) is 4.79 Å². The number of aryl methyl sites for hydroxylation is 1. The molecule has 0 bridgehead atoms. The maximum Gasteiger partial charge on any atom is 0.305 e. The lowest BCUT2D eigenvalue weighted by Crippen LogP contribution is -2.16. The van der Waals surface area contributed by atoms with Crippen LogP contribution < -0.4 is 0 Å². The van der Waals surface area contributed by atoms with Crippen LogP contribution in [0.5, 0.6) is 0 Å². The van der Waals surface area contributed by atoms with Crippen molar-refractivity contribution in [1.82, 2.24) is 25.2 Å². The molecule has 0 spiro atoms. The molecule has 2 rings (SSSR count). The molecular formula is C12H15N5O2. The molecule has 0 fully saturated rings. The van der Waals surface area contributed by atoms with E-state index in [2.05, 4.69) is 20.5 Å². The van der Waals surface area contributed by atoms with Crippen molar-refractivity contribution in [3.63, 3.8) is 0 Å². The van der Waals surface area contributed by atoms with Crippen molar-refractivity contribution in [2.24, 2.45) is 0 Å². The summed E-state index contributed by atoms with van der Waals surface area (Å²) >= 11 is 0. The summed E-state index contributed by atoms with van der Waals surface area (Å²) in [4.78, 5) is 15.1. The molecule has 1 atom stereocenters. The number of aromatic nitrogens is 5. The Hall–Kier alpha value is -2.31. The first kappa shape index (κ1) is 13.1. The maximum absolute atomic E-state index is 10.9. The molecule has 7 nitrogen and oxygen atoms in total. The van der Waals surface area contributed by atoms with Crippen LogP contribution in [0.25, 0.3) is 11.4 Å². The average Bonchev–Trinajstić information content (AvgIpc) is 2.85. The highest BCUT2D eigenvalue weighted by atomic mass is 16.4. The van der Waals surface area contributed by atoms with Crippen LogP contribution in [-0.2, 0) is 4.79 Å². The van der Waals surface area contributed by atoms with Gasteiger partial charge in [0.2, 0.25) is 0 Å². The summed E-state index contributed by atoms with van der Waals surface area (Å²) in [5.74, 6) is -0.310. The predicted octanol–water partition coefficient (Wildman–Crippen LogP) is 1.47. The SMILES string of the molecule is CCC(CC(=O)O)n1nnnc1-c1cccnc1C. The molecular weight excluding hydrogens is 246 g/mol. The summed E-state index contributed by atoms with van der Waals surface area (Å²) in [7, 11) is 0. The van der Waals surface area contributed by atoms with Crippen LogP contribution in [0, 0.1) is 6.92 Å². The quantitative estimate of drug-likeness (QED) is 0.875. The van der Waals surface area contributed by atoms with Gasteiger partial charge in [-0.1, -0.05) is 6.92 Å². The second kappa shape index (κ2) is 5.55. The lowest BCUT2D eigenvalue weighted by molar-refractivity contribution is -0.138. The molecule has 0 aliphatic heterocycles. The van der Waals surface area contributed by atoms with E-state index in [0.717, 1.165) is 11.3 Å². The van der Waals surface area contributed by atoms with Gasteiger partial charge < -0.3 is 5.11 Å². The van der Waals surface area contributed by atoms with E-state index in [4.69, 9.17) is 5.11 Å². The zero-order valence-electron chi connectivity index (χ0n) is 10.8. The Bertz CT molecular complexity index is 581. The van der Waals surface area contributed by atoms with E-state index in [1.165, 1.54) is 0 Å². The van der Waals surface area contributed by atoms with Crippen LogP contribution in [-0.4, -0.2) is 36.3 Å². The van der Waals surface area contributed by atoms with E-state index < -0.39 is 5.97 Å². The van der Waals surface area contributed by atoms with Gasteiger partial charge in [-0.05, 0) is 35.9 Å². The van der Waals surface area contributed by atoms with Crippen molar-refractivity contribution in [2.75, 3.05) is 0 Å². The van der Waals surface area contributed by atoms with Gasteiger partial charge in [-0.2, -0.15) is 0 Å². The zero-order valence-corrected chi connectivity index (χ0v) is 10.8. The van der Waals surface area contributed by atoms with Crippen molar-refractivity contribution < 1.29 is 9.90 Å². The fourth-order valence-corrected chi connectivity index (χ4v) is 1.94. The Morgan fingerprint density at radius 2 is 2.32 bits per heavy atom. The molecule has 0 saturated heterocycles. The number of rotatable bonds is 5. The van der Waals surface area contributed by atoms with E-state index in [-0.39, 0.29) is 12.5 Å². The molecule has 0 saturated carbocycles. The molecule has 1 unspecified atom stereocenters. The van der Waals surface area contributed by atoms with Gasteiger partial charge in [-0.3, -0.25) is 9.78 Å². The zero-order chi connectivity index (χ0) is 13.8. The molecule has 1 N–H and O–H groups in total. The summed E-state index contributed by atoms with van der Waals surface area (Å²) in [6, 6.07) is 3.42. The van der Waals surface area contributed by atoms with Crippen LogP contribution in [0.2, 0.25) is 0 Å². The summed E-state index contributed by atoms with van der Waals surface area (Å²) in [6.45, 7) is 3.78. The maximum atomic E-state index is 10.9. The molecule has 100 valence electrons. The molecule has 2 aromatic rings. The summed E-state index contributed by atoms with van der Waals surface area (Å²) < 4.78 is 1.57. The third-order valence-electron chi connectivity index (χ3n) is 2.97. The van der Waals surface area contributed by atoms with Crippen LogP contribution in [0.3, 0.4) is 0 Å². The molecule has 19 heavy (non-hydrogen) atoms. The molecule has 7 heteroatoms. The van der Waals surface area contributed by atoms with Gasteiger partial charge in [0.1, 0.15) is 0 Å². The highest BCUT2D eigenvalue weighted by Gasteiger charge is 2.20. The Morgan fingerprint density at radius 3 is 2.95 bits per heavy atom. The van der Waals surface area contributed by atoms with Gasteiger partial charge in [-0.15, -0.1) is 5.10 Å². The number of tetrazole rings is 1. The number of hydrogen-bond acceptors (Lipinski definition) is 5. The number of hydrogen-bond donors (Lipinski definition) is 1. The number of nitrogens with zero attached hydrogens (tertiary/aromatic N) is 5. The lowest BCUT2D eigenvalue weighted by Gasteiger charge is -2.14. The van der Waals surface area contributed by atoms with Gasteiger partial charge in [0, 0.05) is 17.5 Å². The number of carbonyl (C=O) groups is 1. The minimum atomic E-state index is -0.865. The third-order valence-corrected chi connectivity index (χ3v) is 2.97. The molecule has 0 aliphatic carbocycles. The van der Waals surface area contributed by atoms with Gasteiger partial charge in [0.15, 0.2) is 5.82 Å². The van der Waals surface area contributed by atoms with Gasteiger partial charge >= 0.3 is 5.97 Å². The fraction of sp³-hybridized carbons (Fsp3) is 0.417. The molecule has 0 radical (unpaired) electrons. The highest BCUT2D eigenvalue weighted by molar-refractivity contribution is 5.67. The lowest BCUT2D eigenvalue weighted by atomic mass is 10.1. The summed E-state index contributed by atoms with van der Waals surface area (Å²) in [5, 5.41) is 20.5. The van der Waals surface area contributed by atoms with Crippen LogP contribution in [0.4, 0.5) is 0 Å². The second-order valence-corrected chi connectivity index (χ2v) is 4.24. The van der Waals surface area contributed by atoms with Gasteiger partial charge in [-0.25, -0.2) is 4.68 Å². The first-order valence-electron chi connectivity index (χ1n) is 6.05. The van der Waals surface area contributed by atoms with Crippen LogP contribution in [0.1, 0.15) is 31.5 Å². The Labute approximate surface area is 110 Å². The first-order valence-corrected chi connectivity index (χ1v) is 6.05. The van der Waals surface area contributed by atoms with Crippen molar-refractivity contribution in [2.45, 2.75) is 32.7 Å². The topological polar surface area (TPSA) is 93.8 Å². The smallest absolute Gasteiger partial charge is 0.305 e. The van der Waals surface area contributed by atoms with Crippen molar-refractivity contribution in [3.8, 4) is 11.4 Å². The highest BCUT2D eigenvalue weighted by Crippen LogP contribution is 2.24. The van der Waals surface area contributed by atoms with E-state index >= 15 is 0 Å². The Kier molecular flexibility index (Phi) is 3.84. The molecule has 0 amide bonds. The molecule has 2 heterocycles. The molecule has 0 aliphatic rings. The van der Waals surface area contributed by atoms with Crippen molar-refractivity contribution in [1.29, 1.82) is 0 Å². The van der Waals surface area contributed by atoms with Crippen LogP contribution >= 0.6 is 0 Å². The minimum Gasteiger partial charge on any atom is -0.481 e. The van der Waals surface area contributed by atoms with E-state index in [1.54, 1.807) is 16.9 Å². The molecule has 2 aromatic heterocycles. The fourth-order valence-electron chi connectivity index (χ4n) is 1.94. The predicted molar refractivity (Wildman–Crippen MR) is 67.4 cm³/mol. The summed E-state index contributed by atoms with van der Waals surface area (Å²) in [6.07, 6.45) is 2.33. The van der Waals surface area contributed by atoms with Crippen LogP contribution in [0.15, 0.2) is 18.3 Å². The average molecular weight is 261 g/mol. The van der Waals surface area contributed by atoms with Gasteiger partial charge in [0.25, 0.3) is 0 Å². The van der Waals surface area contributed by atoms with Crippen molar-refractivity contribution >= 4 is 5.97 Å². The third kappa shape index (κ3) is 2.75. The normalized spacial score (nSPS) is 12.3. The first-order chi connectivity index (χ1) is 9.13. The largest absolute Gasteiger partial charge is 0.481 e. The number of carboxylic acids is 1. The minimum absolute atomic E-state index is 0.00610. The second-order valence-electron chi connectivity index (χ2n) is 4.24. The van der Waals surface area contributed by atoms with E-state index in [0.29, 0.717) is 12.2 Å². The number of pyridine rings is 1. The summed E-state index contributed by atoms with van der Waals surface area (Å²) in [5.41, 5.74) is 1.63.